The summed E-state index contributed by atoms with van der Waals surface area (Å²) in [6.45, 7) is 0. The van der Waals surface area contributed by atoms with Crippen molar-refractivity contribution in [2.45, 2.75) is 24.8 Å². The highest BCUT2D eigenvalue weighted by Gasteiger charge is 2.59. The molecule has 114 valence electrons. The smallest absolute Gasteiger partial charge is 0.327 e. The van der Waals surface area contributed by atoms with E-state index in [1.165, 1.54) is 0 Å². The first-order chi connectivity index (χ1) is 8.93. The van der Waals surface area contributed by atoms with Crippen molar-refractivity contribution in [3.05, 3.63) is 35.4 Å². The van der Waals surface area contributed by atoms with Crippen LogP contribution in [0.3, 0.4) is 0 Å². The average molecular weight is 307 g/mol. The maximum atomic E-state index is 13.2. The zero-order valence-electron chi connectivity index (χ0n) is 9.69. The average Bonchev–Trinajstić information content (AvgIpc) is 2.17. The Morgan fingerprint density at radius 3 is 1.85 bits per heavy atom. The molecule has 20 heavy (non-hydrogen) atoms. The summed E-state index contributed by atoms with van der Waals surface area (Å²) in [5, 5.41) is 0. The van der Waals surface area contributed by atoms with E-state index < -0.39 is 47.9 Å². The largest absolute Gasteiger partial charge is 0.402 e. The number of benzene rings is 1. The number of hydrogen-bond donors (Lipinski definition) is 1. The molecule has 0 saturated carbocycles. The molecule has 0 saturated heterocycles. The van der Waals surface area contributed by atoms with Crippen molar-refractivity contribution in [1.82, 2.24) is 0 Å². The molecule has 1 aromatic carbocycles. The van der Waals surface area contributed by atoms with Crippen molar-refractivity contribution in [1.29, 1.82) is 0 Å². The van der Waals surface area contributed by atoms with Gasteiger partial charge < -0.3 is 5.73 Å². The van der Waals surface area contributed by atoms with Crippen molar-refractivity contribution in [2.75, 3.05) is 0 Å². The highest BCUT2D eigenvalue weighted by atomic mass is 19.4. The van der Waals surface area contributed by atoms with Crippen LogP contribution in [0.4, 0.5) is 35.1 Å². The van der Waals surface area contributed by atoms with Crippen LogP contribution in [-0.2, 0) is 6.42 Å². The van der Waals surface area contributed by atoms with Gasteiger partial charge in [-0.05, 0) is 18.1 Å². The van der Waals surface area contributed by atoms with Gasteiger partial charge >= 0.3 is 12.4 Å². The van der Waals surface area contributed by atoms with E-state index in [4.69, 9.17) is 5.73 Å². The lowest BCUT2D eigenvalue weighted by molar-refractivity contribution is -0.289. The molecule has 0 fully saturated rings. The number of halogens is 8. The van der Waals surface area contributed by atoms with Crippen molar-refractivity contribution < 1.29 is 35.1 Å². The summed E-state index contributed by atoms with van der Waals surface area (Å²) >= 11 is 0. The molecule has 1 rings (SSSR count). The summed E-state index contributed by atoms with van der Waals surface area (Å²) in [6.07, 6.45) is -12.2. The van der Waals surface area contributed by atoms with Gasteiger partial charge in [0.15, 0.2) is 5.92 Å². The predicted molar refractivity (Wildman–Crippen MR) is 53.6 cm³/mol. The van der Waals surface area contributed by atoms with E-state index in [1.807, 2.05) is 0 Å². The standard InChI is InChI=1S/C11H9F8N/c12-6-2-1-5(7(13)4-6)3-8(20)9(10(14,15)16)11(17,18)19/h1-2,4,8-9H,3,20H2. The molecule has 1 aromatic rings. The first-order valence-corrected chi connectivity index (χ1v) is 5.26. The van der Waals surface area contributed by atoms with Crippen molar-refractivity contribution in [3.63, 3.8) is 0 Å². The molecule has 0 amide bonds. The molecule has 1 nitrogen and oxygen atoms in total. The summed E-state index contributed by atoms with van der Waals surface area (Å²) < 4.78 is 100. The van der Waals surface area contributed by atoms with Gasteiger partial charge in [0.1, 0.15) is 11.6 Å². The SMILES string of the molecule is NC(Cc1ccc(F)cc1F)C(C(F)(F)F)C(F)(F)F. The molecule has 1 unspecified atom stereocenters. The third kappa shape index (κ3) is 4.06. The maximum absolute atomic E-state index is 13.2. The van der Waals surface area contributed by atoms with Crippen molar-refractivity contribution in [3.8, 4) is 0 Å². The Bertz CT molecular complexity index is 450. The lowest BCUT2D eigenvalue weighted by atomic mass is 9.93. The topological polar surface area (TPSA) is 26.0 Å². The molecule has 0 aliphatic heterocycles. The molecular weight excluding hydrogens is 298 g/mol. The molecule has 9 heteroatoms. The minimum absolute atomic E-state index is 0.359. The van der Waals surface area contributed by atoms with Crippen LogP contribution >= 0.6 is 0 Å². The summed E-state index contributed by atoms with van der Waals surface area (Å²) in [7, 11) is 0. The molecule has 0 spiro atoms. The molecule has 1 atom stereocenters. The first kappa shape index (κ1) is 16.7. The zero-order valence-corrected chi connectivity index (χ0v) is 9.69. The lowest BCUT2D eigenvalue weighted by Gasteiger charge is -2.28. The van der Waals surface area contributed by atoms with Crippen LogP contribution in [0.1, 0.15) is 5.56 Å². The number of alkyl halides is 6. The van der Waals surface area contributed by atoms with Crippen LogP contribution in [0, 0.1) is 17.6 Å². The number of nitrogens with two attached hydrogens (primary N) is 1. The van der Waals surface area contributed by atoms with Crippen LogP contribution in [0.25, 0.3) is 0 Å². The van der Waals surface area contributed by atoms with Crippen LogP contribution in [0.2, 0.25) is 0 Å². The Morgan fingerprint density at radius 1 is 0.950 bits per heavy atom. The molecule has 0 heterocycles. The van der Waals surface area contributed by atoms with Gasteiger partial charge in [0, 0.05) is 12.1 Å². The van der Waals surface area contributed by atoms with E-state index in [9.17, 15) is 35.1 Å². The quantitative estimate of drug-likeness (QED) is 0.849. The normalized spacial score (nSPS) is 14.7. The Hall–Kier alpha value is -1.38. The second kappa shape index (κ2) is 5.55. The Morgan fingerprint density at radius 2 is 1.45 bits per heavy atom. The van der Waals surface area contributed by atoms with Gasteiger partial charge in [-0.25, -0.2) is 8.78 Å². The first-order valence-electron chi connectivity index (χ1n) is 5.26. The highest BCUT2D eigenvalue weighted by molar-refractivity contribution is 5.20. The fourth-order valence-corrected chi connectivity index (χ4v) is 1.73. The van der Waals surface area contributed by atoms with E-state index in [-0.39, 0.29) is 0 Å². The maximum Gasteiger partial charge on any atom is 0.402 e. The Labute approximate surface area is 108 Å². The monoisotopic (exact) mass is 307 g/mol. The van der Waals surface area contributed by atoms with Crippen LogP contribution in [0.15, 0.2) is 18.2 Å². The second-order valence-electron chi connectivity index (χ2n) is 4.16. The molecular formula is C11H9F8N. The van der Waals surface area contributed by atoms with Gasteiger partial charge in [-0.2, -0.15) is 26.3 Å². The van der Waals surface area contributed by atoms with Gasteiger partial charge in [0.25, 0.3) is 0 Å². The molecule has 0 aliphatic carbocycles. The molecule has 0 bridgehead atoms. The second-order valence-corrected chi connectivity index (χ2v) is 4.16. The fraction of sp³-hybridized carbons (Fsp3) is 0.455. The number of hydrogen-bond acceptors (Lipinski definition) is 1. The zero-order chi connectivity index (χ0) is 15.7. The molecule has 0 aromatic heterocycles. The summed E-state index contributed by atoms with van der Waals surface area (Å²) in [5.41, 5.74) is 4.41. The van der Waals surface area contributed by atoms with Crippen molar-refractivity contribution in [2.24, 2.45) is 11.7 Å². The molecule has 0 radical (unpaired) electrons. The van der Waals surface area contributed by atoms with Gasteiger partial charge in [-0.15, -0.1) is 0 Å². The summed E-state index contributed by atoms with van der Waals surface area (Å²) in [6, 6.07) is -0.580. The van der Waals surface area contributed by atoms with Gasteiger partial charge in [0.2, 0.25) is 0 Å². The molecule has 2 N–H and O–H groups in total. The van der Waals surface area contributed by atoms with Crippen molar-refractivity contribution >= 4 is 0 Å². The van der Waals surface area contributed by atoms with Gasteiger partial charge in [-0.1, -0.05) is 6.07 Å². The number of rotatable bonds is 3. The van der Waals surface area contributed by atoms with Crippen LogP contribution in [-0.4, -0.2) is 18.4 Å². The molecule has 0 aliphatic rings. The minimum atomic E-state index is -5.60. The highest BCUT2D eigenvalue weighted by Crippen LogP contribution is 2.41. The summed E-state index contributed by atoms with van der Waals surface area (Å²) in [4.78, 5) is 0. The fourth-order valence-electron chi connectivity index (χ4n) is 1.73. The van der Waals surface area contributed by atoms with E-state index in [1.54, 1.807) is 0 Å². The van der Waals surface area contributed by atoms with Crippen LogP contribution in [0.5, 0.6) is 0 Å². The predicted octanol–water partition coefficient (Wildman–Crippen LogP) is 3.58. The Balaban J connectivity index is 3.00. The van der Waals surface area contributed by atoms with E-state index in [2.05, 4.69) is 0 Å². The summed E-state index contributed by atoms with van der Waals surface area (Å²) in [5.74, 6) is -6.02. The minimum Gasteiger partial charge on any atom is -0.327 e. The van der Waals surface area contributed by atoms with Crippen LogP contribution < -0.4 is 5.73 Å². The third-order valence-electron chi connectivity index (χ3n) is 2.60. The lowest BCUT2D eigenvalue weighted by Crippen LogP contribution is -2.49. The van der Waals surface area contributed by atoms with Gasteiger partial charge in [-0.3, -0.25) is 0 Å². The van der Waals surface area contributed by atoms with E-state index >= 15 is 0 Å². The van der Waals surface area contributed by atoms with E-state index in [0.717, 1.165) is 12.1 Å². The van der Waals surface area contributed by atoms with E-state index in [0.29, 0.717) is 6.07 Å². The Kier molecular flexibility index (Phi) is 4.62. The third-order valence-corrected chi connectivity index (χ3v) is 2.60. The van der Waals surface area contributed by atoms with Gasteiger partial charge in [0.05, 0.1) is 0 Å².